The SMILES string of the molecule is CS(=O)(=O)c1ccc(CC(=O)N2CCc3oc(-c4cccnc4)nc3C2)cc1. The molecule has 0 spiro atoms. The molecule has 144 valence electrons. The van der Waals surface area contributed by atoms with Crippen LogP contribution in [0.25, 0.3) is 11.5 Å². The van der Waals surface area contributed by atoms with Gasteiger partial charge in [0.2, 0.25) is 11.8 Å². The van der Waals surface area contributed by atoms with Gasteiger partial charge >= 0.3 is 0 Å². The average Bonchev–Trinajstić information content (AvgIpc) is 3.12. The predicted octanol–water partition coefficient (Wildman–Crippen LogP) is 2.27. The van der Waals surface area contributed by atoms with Crippen LogP contribution in [-0.2, 0) is 34.0 Å². The zero-order chi connectivity index (χ0) is 19.7. The number of rotatable bonds is 4. The molecule has 1 amide bonds. The Labute approximate surface area is 163 Å². The van der Waals surface area contributed by atoms with Gasteiger partial charge in [0, 0.05) is 31.6 Å². The Morgan fingerprint density at radius 2 is 2.00 bits per heavy atom. The highest BCUT2D eigenvalue weighted by atomic mass is 32.2. The number of hydrogen-bond donors (Lipinski definition) is 0. The first kappa shape index (κ1) is 18.4. The third-order valence-electron chi connectivity index (χ3n) is 4.70. The molecule has 0 saturated carbocycles. The number of pyridine rings is 1. The molecule has 1 aromatic carbocycles. The number of fused-ring (bicyclic) bond motifs is 1. The Balaban J connectivity index is 1.45. The van der Waals surface area contributed by atoms with Crippen molar-refractivity contribution in [2.24, 2.45) is 0 Å². The minimum absolute atomic E-state index is 0.0244. The molecule has 0 radical (unpaired) electrons. The molecule has 0 N–H and O–H groups in total. The molecule has 0 aliphatic carbocycles. The van der Waals surface area contributed by atoms with Gasteiger partial charge in [0.05, 0.1) is 23.4 Å². The number of benzene rings is 1. The van der Waals surface area contributed by atoms with Gasteiger partial charge < -0.3 is 9.32 Å². The second-order valence-corrected chi connectivity index (χ2v) is 8.80. The Morgan fingerprint density at radius 3 is 2.68 bits per heavy atom. The molecule has 0 saturated heterocycles. The van der Waals surface area contributed by atoms with E-state index >= 15 is 0 Å². The number of amides is 1. The van der Waals surface area contributed by atoms with Crippen molar-refractivity contribution in [3.05, 3.63) is 65.8 Å². The summed E-state index contributed by atoms with van der Waals surface area (Å²) >= 11 is 0. The van der Waals surface area contributed by atoms with Crippen LogP contribution in [0.1, 0.15) is 17.0 Å². The van der Waals surface area contributed by atoms with E-state index in [9.17, 15) is 13.2 Å². The number of carbonyl (C=O) groups excluding carboxylic acids is 1. The molecule has 0 bridgehead atoms. The number of carbonyl (C=O) groups is 1. The van der Waals surface area contributed by atoms with Gasteiger partial charge in [0.15, 0.2) is 9.84 Å². The zero-order valence-electron chi connectivity index (χ0n) is 15.3. The highest BCUT2D eigenvalue weighted by Crippen LogP contribution is 2.26. The number of aromatic nitrogens is 2. The topological polar surface area (TPSA) is 93.4 Å². The van der Waals surface area contributed by atoms with Crippen molar-refractivity contribution >= 4 is 15.7 Å². The van der Waals surface area contributed by atoms with Crippen LogP contribution in [0.2, 0.25) is 0 Å². The van der Waals surface area contributed by atoms with Crippen LogP contribution in [0.15, 0.2) is 58.1 Å². The lowest BCUT2D eigenvalue weighted by atomic mass is 10.1. The molecule has 1 aliphatic rings. The average molecular weight is 397 g/mol. The van der Waals surface area contributed by atoms with E-state index < -0.39 is 9.84 Å². The third kappa shape index (κ3) is 3.82. The van der Waals surface area contributed by atoms with E-state index in [1.807, 2.05) is 12.1 Å². The van der Waals surface area contributed by atoms with Crippen LogP contribution >= 0.6 is 0 Å². The maximum Gasteiger partial charge on any atom is 0.228 e. The van der Waals surface area contributed by atoms with E-state index in [-0.39, 0.29) is 17.2 Å². The van der Waals surface area contributed by atoms with Crippen molar-refractivity contribution < 1.29 is 17.6 Å². The Morgan fingerprint density at radius 1 is 1.21 bits per heavy atom. The molecule has 3 heterocycles. The normalized spacial score (nSPS) is 14.0. The van der Waals surface area contributed by atoms with Crippen molar-refractivity contribution in [1.82, 2.24) is 14.9 Å². The maximum atomic E-state index is 12.7. The molecular formula is C20H19N3O4S. The summed E-state index contributed by atoms with van der Waals surface area (Å²) < 4.78 is 28.9. The quantitative estimate of drug-likeness (QED) is 0.670. The van der Waals surface area contributed by atoms with Crippen LogP contribution in [0, 0.1) is 0 Å². The second kappa shape index (κ2) is 7.20. The highest BCUT2D eigenvalue weighted by Gasteiger charge is 2.26. The fourth-order valence-corrected chi connectivity index (χ4v) is 3.80. The molecule has 0 atom stereocenters. The Hall–Kier alpha value is -3.00. The zero-order valence-corrected chi connectivity index (χ0v) is 16.1. The summed E-state index contributed by atoms with van der Waals surface area (Å²) in [4.78, 5) is 23.3. The minimum atomic E-state index is -3.24. The van der Waals surface area contributed by atoms with E-state index in [1.54, 1.807) is 29.4 Å². The Kier molecular flexibility index (Phi) is 4.72. The number of sulfone groups is 1. The summed E-state index contributed by atoms with van der Waals surface area (Å²) in [5.74, 6) is 1.30. The van der Waals surface area contributed by atoms with Gasteiger partial charge in [-0.2, -0.15) is 0 Å². The standard InChI is InChI=1S/C20H19N3O4S/c1-28(25,26)16-6-4-14(5-7-16)11-19(24)23-10-8-18-17(13-23)22-20(27-18)15-3-2-9-21-12-15/h2-7,9,12H,8,10-11,13H2,1H3. The van der Waals surface area contributed by atoms with Gasteiger partial charge in [-0.15, -0.1) is 0 Å². The van der Waals surface area contributed by atoms with Crippen LogP contribution in [0.4, 0.5) is 0 Å². The fraction of sp³-hybridized carbons (Fsp3) is 0.250. The minimum Gasteiger partial charge on any atom is -0.441 e. The van der Waals surface area contributed by atoms with E-state index in [0.717, 1.165) is 28.8 Å². The number of oxazole rings is 1. The molecular weight excluding hydrogens is 378 g/mol. The lowest BCUT2D eigenvalue weighted by Crippen LogP contribution is -2.36. The van der Waals surface area contributed by atoms with Crippen molar-refractivity contribution in [2.45, 2.75) is 24.3 Å². The van der Waals surface area contributed by atoms with E-state index in [0.29, 0.717) is 25.4 Å². The molecule has 2 aromatic heterocycles. The van der Waals surface area contributed by atoms with Gasteiger partial charge in [-0.1, -0.05) is 12.1 Å². The van der Waals surface area contributed by atoms with Gasteiger partial charge in [-0.05, 0) is 29.8 Å². The summed E-state index contributed by atoms with van der Waals surface area (Å²) in [6, 6.07) is 10.1. The first-order valence-corrected chi connectivity index (χ1v) is 10.7. The van der Waals surface area contributed by atoms with Crippen molar-refractivity contribution in [2.75, 3.05) is 12.8 Å². The molecule has 4 rings (SSSR count). The van der Waals surface area contributed by atoms with Crippen LogP contribution in [-0.4, -0.2) is 42.0 Å². The third-order valence-corrected chi connectivity index (χ3v) is 5.82. The molecule has 28 heavy (non-hydrogen) atoms. The van der Waals surface area contributed by atoms with E-state index in [2.05, 4.69) is 9.97 Å². The first-order valence-electron chi connectivity index (χ1n) is 8.86. The first-order chi connectivity index (χ1) is 13.4. The second-order valence-electron chi connectivity index (χ2n) is 6.79. The van der Waals surface area contributed by atoms with Gasteiger partial charge in [0.1, 0.15) is 11.5 Å². The summed E-state index contributed by atoms with van der Waals surface area (Å²) in [5.41, 5.74) is 2.35. The summed E-state index contributed by atoms with van der Waals surface area (Å²) in [5, 5.41) is 0. The fourth-order valence-electron chi connectivity index (χ4n) is 3.17. The monoisotopic (exact) mass is 397 g/mol. The van der Waals surface area contributed by atoms with E-state index in [1.165, 1.54) is 12.1 Å². The number of hydrogen-bond acceptors (Lipinski definition) is 6. The summed E-state index contributed by atoms with van der Waals surface area (Å²) in [7, 11) is -3.24. The molecule has 0 unspecified atom stereocenters. The predicted molar refractivity (Wildman–Crippen MR) is 102 cm³/mol. The highest BCUT2D eigenvalue weighted by molar-refractivity contribution is 7.90. The molecule has 7 nitrogen and oxygen atoms in total. The summed E-state index contributed by atoms with van der Waals surface area (Å²) in [6.45, 7) is 0.967. The van der Waals surface area contributed by atoms with Crippen LogP contribution in [0.5, 0.6) is 0 Å². The lowest BCUT2D eigenvalue weighted by Gasteiger charge is -2.25. The molecule has 3 aromatic rings. The van der Waals surface area contributed by atoms with Crippen molar-refractivity contribution in [3.63, 3.8) is 0 Å². The molecule has 1 aliphatic heterocycles. The van der Waals surface area contributed by atoms with Crippen LogP contribution in [0.3, 0.4) is 0 Å². The molecule has 0 fully saturated rings. The Bertz CT molecular complexity index is 1110. The maximum absolute atomic E-state index is 12.7. The van der Waals surface area contributed by atoms with Gasteiger partial charge in [0.25, 0.3) is 0 Å². The largest absolute Gasteiger partial charge is 0.441 e. The summed E-state index contributed by atoms with van der Waals surface area (Å²) in [6.07, 6.45) is 5.37. The molecule has 8 heteroatoms. The smallest absolute Gasteiger partial charge is 0.228 e. The van der Waals surface area contributed by atoms with E-state index in [4.69, 9.17) is 4.42 Å². The van der Waals surface area contributed by atoms with Gasteiger partial charge in [-0.3, -0.25) is 9.78 Å². The van der Waals surface area contributed by atoms with Crippen LogP contribution < -0.4 is 0 Å². The number of nitrogens with zero attached hydrogens (tertiary/aromatic N) is 3. The van der Waals surface area contributed by atoms with Gasteiger partial charge in [-0.25, -0.2) is 13.4 Å². The lowest BCUT2D eigenvalue weighted by molar-refractivity contribution is -0.131. The van der Waals surface area contributed by atoms with Crippen molar-refractivity contribution in [1.29, 1.82) is 0 Å². The van der Waals surface area contributed by atoms with Crippen molar-refractivity contribution in [3.8, 4) is 11.5 Å².